The molecule has 0 unspecified atom stereocenters. The van der Waals surface area contributed by atoms with E-state index in [0.717, 1.165) is 6.54 Å². The Kier molecular flexibility index (Phi) is 4.15. The average molecular weight is 191 g/mol. The molecule has 0 bridgehead atoms. The van der Waals surface area contributed by atoms with Gasteiger partial charge in [0.25, 0.3) is 0 Å². The summed E-state index contributed by atoms with van der Waals surface area (Å²) in [4.78, 5) is 2.01. The van der Waals surface area contributed by atoms with Crippen LogP contribution in [0.15, 0.2) is 24.3 Å². The molecule has 0 aromatic heterocycles. The summed E-state index contributed by atoms with van der Waals surface area (Å²) in [5.41, 5.74) is 0.715. The lowest BCUT2D eigenvalue weighted by atomic mass is 10.2. The zero-order chi connectivity index (χ0) is 10.4. The van der Waals surface area contributed by atoms with Crippen molar-refractivity contribution in [1.82, 2.24) is 4.90 Å². The van der Waals surface area contributed by atoms with Crippen LogP contribution in [0, 0.1) is 18.2 Å². The topological polar surface area (TPSA) is 3.24 Å². The first-order valence-electron chi connectivity index (χ1n) is 4.59. The second-order valence-corrected chi connectivity index (χ2v) is 3.28. The van der Waals surface area contributed by atoms with Crippen molar-refractivity contribution in [2.45, 2.75) is 13.0 Å². The van der Waals surface area contributed by atoms with Crippen LogP contribution in [0.25, 0.3) is 0 Å². The Bertz CT molecular complexity index is 327. The van der Waals surface area contributed by atoms with Crippen LogP contribution < -0.4 is 0 Å². The van der Waals surface area contributed by atoms with E-state index in [1.807, 2.05) is 18.0 Å². The van der Waals surface area contributed by atoms with Crippen LogP contribution in [0.5, 0.6) is 0 Å². The zero-order valence-electron chi connectivity index (χ0n) is 8.33. The highest BCUT2D eigenvalue weighted by atomic mass is 19.1. The average Bonchev–Trinajstić information content (AvgIpc) is 2.18. The first-order chi connectivity index (χ1) is 6.74. The van der Waals surface area contributed by atoms with E-state index in [2.05, 4.69) is 5.92 Å². The standard InChI is InChI=1S/C12H14FN/c1-3-4-9-14(2)10-11-7-5-6-8-12(11)13/h1,5-8H,4,9-10H2,2H3. The van der Waals surface area contributed by atoms with Gasteiger partial charge in [0.1, 0.15) is 5.82 Å². The minimum atomic E-state index is -0.153. The summed E-state index contributed by atoms with van der Waals surface area (Å²) in [6.45, 7) is 1.40. The second kappa shape index (κ2) is 5.41. The molecule has 1 nitrogen and oxygen atoms in total. The Balaban J connectivity index is 2.52. The number of rotatable bonds is 4. The van der Waals surface area contributed by atoms with Crippen molar-refractivity contribution in [3.8, 4) is 12.3 Å². The third-order valence-corrected chi connectivity index (χ3v) is 2.04. The highest BCUT2D eigenvalue weighted by Crippen LogP contribution is 2.08. The fraction of sp³-hybridized carbons (Fsp3) is 0.333. The van der Waals surface area contributed by atoms with E-state index in [0.29, 0.717) is 18.5 Å². The van der Waals surface area contributed by atoms with E-state index < -0.39 is 0 Å². The maximum atomic E-state index is 13.2. The van der Waals surface area contributed by atoms with E-state index in [-0.39, 0.29) is 5.82 Å². The summed E-state index contributed by atoms with van der Waals surface area (Å²) in [6, 6.07) is 6.81. The molecule has 0 radical (unpaired) electrons. The van der Waals surface area contributed by atoms with Gasteiger partial charge in [-0.3, -0.25) is 0 Å². The van der Waals surface area contributed by atoms with Gasteiger partial charge in [0.2, 0.25) is 0 Å². The molecule has 0 fully saturated rings. The van der Waals surface area contributed by atoms with Crippen molar-refractivity contribution in [2.75, 3.05) is 13.6 Å². The number of nitrogens with zero attached hydrogens (tertiary/aromatic N) is 1. The van der Waals surface area contributed by atoms with Gasteiger partial charge in [0.15, 0.2) is 0 Å². The first-order valence-corrected chi connectivity index (χ1v) is 4.59. The molecule has 2 heteroatoms. The van der Waals surface area contributed by atoms with Gasteiger partial charge in [-0.1, -0.05) is 18.2 Å². The zero-order valence-corrected chi connectivity index (χ0v) is 8.33. The molecule has 0 spiro atoms. The molecule has 0 heterocycles. The summed E-state index contributed by atoms with van der Waals surface area (Å²) in [6.07, 6.45) is 5.85. The minimum Gasteiger partial charge on any atom is -0.301 e. The molecular formula is C12H14FN. The van der Waals surface area contributed by atoms with Gasteiger partial charge in [-0.05, 0) is 13.1 Å². The molecule has 1 aromatic carbocycles. The Labute approximate surface area is 84.5 Å². The Morgan fingerprint density at radius 3 is 2.79 bits per heavy atom. The van der Waals surface area contributed by atoms with E-state index in [4.69, 9.17) is 6.42 Å². The summed E-state index contributed by atoms with van der Waals surface area (Å²) in [5, 5.41) is 0. The van der Waals surface area contributed by atoms with Crippen molar-refractivity contribution in [3.63, 3.8) is 0 Å². The van der Waals surface area contributed by atoms with E-state index in [1.165, 1.54) is 6.07 Å². The van der Waals surface area contributed by atoms with Gasteiger partial charge < -0.3 is 4.90 Å². The number of halogens is 1. The lowest BCUT2D eigenvalue weighted by molar-refractivity contribution is 0.329. The molecule has 0 aliphatic carbocycles. The predicted octanol–water partition coefficient (Wildman–Crippen LogP) is 2.28. The van der Waals surface area contributed by atoms with Crippen LogP contribution in [0.3, 0.4) is 0 Å². The van der Waals surface area contributed by atoms with Gasteiger partial charge in [0, 0.05) is 25.1 Å². The van der Waals surface area contributed by atoms with Gasteiger partial charge in [0.05, 0.1) is 0 Å². The molecule has 0 amide bonds. The molecule has 0 atom stereocenters. The van der Waals surface area contributed by atoms with Gasteiger partial charge >= 0.3 is 0 Å². The van der Waals surface area contributed by atoms with Crippen molar-refractivity contribution in [1.29, 1.82) is 0 Å². The molecule has 74 valence electrons. The van der Waals surface area contributed by atoms with Crippen LogP contribution in [-0.2, 0) is 6.54 Å². The van der Waals surface area contributed by atoms with Gasteiger partial charge in [-0.25, -0.2) is 4.39 Å². The smallest absolute Gasteiger partial charge is 0.127 e. The molecule has 0 N–H and O–H groups in total. The third kappa shape index (κ3) is 3.20. The molecule has 14 heavy (non-hydrogen) atoms. The molecular weight excluding hydrogens is 177 g/mol. The summed E-state index contributed by atoms with van der Waals surface area (Å²) in [5.74, 6) is 2.41. The van der Waals surface area contributed by atoms with Crippen LogP contribution in [-0.4, -0.2) is 18.5 Å². The number of benzene rings is 1. The monoisotopic (exact) mass is 191 g/mol. The Hall–Kier alpha value is -1.33. The highest BCUT2D eigenvalue weighted by molar-refractivity contribution is 5.16. The van der Waals surface area contributed by atoms with E-state index in [9.17, 15) is 4.39 Å². The Morgan fingerprint density at radius 2 is 2.14 bits per heavy atom. The predicted molar refractivity (Wildman–Crippen MR) is 56.2 cm³/mol. The fourth-order valence-electron chi connectivity index (χ4n) is 1.25. The van der Waals surface area contributed by atoms with Crippen LogP contribution in [0.4, 0.5) is 4.39 Å². The molecule has 0 saturated heterocycles. The molecule has 1 rings (SSSR count). The van der Waals surface area contributed by atoms with Crippen molar-refractivity contribution < 1.29 is 4.39 Å². The van der Waals surface area contributed by atoms with Gasteiger partial charge in [-0.2, -0.15) is 0 Å². The fourth-order valence-corrected chi connectivity index (χ4v) is 1.25. The largest absolute Gasteiger partial charge is 0.301 e. The lowest BCUT2D eigenvalue weighted by Crippen LogP contribution is -2.19. The molecule has 0 saturated carbocycles. The van der Waals surface area contributed by atoms with Crippen molar-refractivity contribution >= 4 is 0 Å². The quantitative estimate of drug-likeness (QED) is 0.660. The second-order valence-electron chi connectivity index (χ2n) is 3.28. The first kappa shape index (κ1) is 10.7. The molecule has 1 aromatic rings. The highest BCUT2D eigenvalue weighted by Gasteiger charge is 2.03. The summed E-state index contributed by atoms with van der Waals surface area (Å²) < 4.78 is 13.2. The summed E-state index contributed by atoms with van der Waals surface area (Å²) >= 11 is 0. The van der Waals surface area contributed by atoms with Gasteiger partial charge in [-0.15, -0.1) is 12.3 Å². The number of terminal acetylenes is 1. The van der Waals surface area contributed by atoms with Crippen LogP contribution >= 0.6 is 0 Å². The lowest BCUT2D eigenvalue weighted by Gasteiger charge is -2.15. The van der Waals surface area contributed by atoms with Crippen molar-refractivity contribution in [3.05, 3.63) is 35.6 Å². The number of hydrogen-bond donors (Lipinski definition) is 0. The van der Waals surface area contributed by atoms with Crippen molar-refractivity contribution in [2.24, 2.45) is 0 Å². The normalized spacial score (nSPS) is 10.1. The summed E-state index contributed by atoms with van der Waals surface area (Å²) in [7, 11) is 1.93. The molecule has 0 aliphatic heterocycles. The number of hydrogen-bond acceptors (Lipinski definition) is 1. The maximum Gasteiger partial charge on any atom is 0.127 e. The molecule has 0 aliphatic rings. The van der Waals surface area contributed by atoms with Crippen LogP contribution in [0.1, 0.15) is 12.0 Å². The maximum absolute atomic E-state index is 13.2. The third-order valence-electron chi connectivity index (χ3n) is 2.04. The van der Waals surface area contributed by atoms with E-state index in [1.54, 1.807) is 12.1 Å². The SMILES string of the molecule is C#CCCN(C)Cc1ccccc1F. The van der Waals surface area contributed by atoms with Crippen LogP contribution in [0.2, 0.25) is 0 Å². The van der Waals surface area contributed by atoms with E-state index >= 15 is 0 Å². The minimum absolute atomic E-state index is 0.153. The Morgan fingerprint density at radius 1 is 1.43 bits per heavy atom.